The molecule has 4 heteroatoms. The van der Waals surface area contributed by atoms with Gasteiger partial charge in [-0.2, -0.15) is 0 Å². The predicted octanol–water partition coefficient (Wildman–Crippen LogP) is 5.35. The fourth-order valence-electron chi connectivity index (χ4n) is 2.15. The number of benzene rings is 2. The average Bonchev–Trinajstić information content (AvgIpc) is 3.26. The molecule has 1 N–H and O–H groups in total. The van der Waals surface area contributed by atoms with Crippen LogP contribution in [0.2, 0.25) is 10.0 Å². The van der Waals surface area contributed by atoms with Gasteiger partial charge in [0.2, 0.25) is 0 Å². The van der Waals surface area contributed by atoms with E-state index in [-0.39, 0.29) is 0 Å². The summed E-state index contributed by atoms with van der Waals surface area (Å²) in [5.41, 5.74) is 2.50. The molecular weight excluding hydrogens is 305 g/mol. The van der Waals surface area contributed by atoms with Crippen LogP contribution in [0.3, 0.4) is 0 Å². The van der Waals surface area contributed by atoms with E-state index in [2.05, 4.69) is 18.3 Å². The Balaban J connectivity index is 1.73. The molecule has 110 valence electrons. The lowest BCUT2D eigenvalue weighted by molar-refractivity contribution is 0.482. The topological polar surface area (TPSA) is 21.3 Å². The van der Waals surface area contributed by atoms with E-state index in [1.165, 1.54) is 24.0 Å². The Kier molecular flexibility index (Phi) is 4.39. The fraction of sp³-hybridized carbons (Fsp3) is 0.294. The van der Waals surface area contributed by atoms with Crippen LogP contribution in [-0.4, -0.2) is 6.04 Å². The maximum atomic E-state index is 6.12. The van der Waals surface area contributed by atoms with E-state index in [1.54, 1.807) is 18.2 Å². The van der Waals surface area contributed by atoms with Crippen molar-refractivity contribution in [2.45, 2.75) is 32.4 Å². The lowest BCUT2D eigenvalue weighted by Crippen LogP contribution is -2.15. The van der Waals surface area contributed by atoms with Crippen LogP contribution in [0.1, 0.15) is 24.0 Å². The maximum absolute atomic E-state index is 6.12. The van der Waals surface area contributed by atoms with Crippen molar-refractivity contribution >= 4 is 23.2 Å². The summed E-state index contributed by atoms with van der Waals surface area (Å²) in [6.07, 6.45) is 2.60. The summed E-state index contributed by atoms with van der Waals surface area (Å²) in [5, 5.41) is 4.68. The fourth-order valence-corrected chi connectivity index (χ4v) is 2.47. The third kappa shape index (κ3) is 3.91. The number of ether oxygens (including phenoxy) is 1. The van der Waals surface area contributed by atoms with E-state index in [4.69, 9.17) is 27.9 Å². The number of rotatable bonds is 5. The van der Waals surface area contributed by atoms with Crippen molar-refractivity contribution in [3.8, 4) is 11.5 Å². The van der Waals surface area contributed by atoms with Gasteiger partial charge in [-0.25, -0.2) is 0 Å². The van der Waals surface area contributed by atoms with Gasteiger partial charge in [0.1, 0.15) is 11.5 Å². The van der Waals surface area contributed by atoms with Gasteiger partial charge in [0, 0.05) is 23.7 Å². The average molecular weight is 322 g/mol. The van der Waals surface area contributed by atoms with E-state index in [1.807, 2.05) is 12.1 Å². The van der Waals surface area contributed by atoms with Crippen molar-refractivity contribution in [3.63, 3.8) is 0 Å². The van der Waals surface area contributed by atoms with Crippen molar-refractivity contribution in [2.75, 3.05) is 0 Å². The molecule has 0 amide bonds. The molecular formula is C17H17Cl2NO. The highest BCUT2D eigenvalue weighted by Crippen LogP contribution is 2.32. The summed E-state index contributed by atoms with van der Waals surface area (Å²) in [7, 11) is 0. The van der Waals surface area contributed by atoms with Crippen LogP contribution in [0.4, 0.5) is 0 Å². The van der Waals surface area contributed by atoms with E-state index < -0.39 is 0 Å². The Morgan fingerprint density at radius 3 is 2.67 bits per heavy atom. The molecule has 1 fully saturated rings. The first-order valence-corrected chi connectivity index (χ1v) is 7.83. The number of aryl methyl sites for hydroxylation is 1. The Hall–Kier alpha value is -1.22. The van der Waals surface area contributed by atoms with Crippen LogP contribution in [0.15, 0.2) is 36.4 Å². The van der Waals surface area contributed by atoms with Crippen molar-refractivity contribution in [1.29, 1.82) is 0 Å². The Morgan fingerprint density at radius 1 is 1.14 bits per heavy atom. The molecule has 0 saturated heterocycles. The molecule has 1 saturated carbocycles. The van der Waals surface area contributed by atoms with Gasteiger partial charge in [-0.15, -0.1) is 0 Å². The number of hydrogen-bond donors (Lipinski definition) is 1. The van der Waals surface area contributed by atoms with Crippen molar-refractivity contribution < 1.29 is 4.74 Å². The third-order valence-electron chi connectivity index (χ3n) is 3.59. The summed E-state index contributed by atoms with van der Waals surface area (Å²) in [4.78, 5) is 0. The van der Waals surface area contributed by atoms with Gasteiger partial charge in [-0.05, 0) is 55.2 Å². The molecule has 2 aromatic carbocycles. The SMILES string of the molecule is Cc1cc(Oc2cc(Cl)ccc2Cl)ccc1CNC1CC1. The Labute approximate surface area is 135 Å². The summed E-state index contributed by atoms with van der Waals surface area (Å²) in [5.74, 6) is 1.35. The molecule has 21 heavy (non-hydrogen) atoms. The first-order chi connectivity index (χ1) is 10.1. The lowest BCUT2D eigenvalue weighted by Gasteiger charge is -2.11. The second kappa shape index (κ2) is 6.27. The van der Waals surface area contributed by atoms with Crippen molar-refractivity contribution in [1.82, 2.24) is 5.32 Å². The highest BCUT2D eigenvalue weighted by Gasteiger charge is 2.20. The van der Waals surface area contributed by atoms with Gasteiger partial charge >= 0.3 is 0 Å². The Morgan fingerprint density at radius 2 is 1.95 bits per heavy atom. The smallest absolute Gasteiger partial charge is 0.147 e. The summed E-state index contributed by atoms with van der Waals surface area (Å²) < 4.78 is 5.83. The molecule has 0 bridgehead atoms. The minimum absolute atomic E-state index is 0.552. The van der Waals surface area contributed by atoms with E-state index in [9.17, 15) is 0 Å². The quantitative estimate of drug-likeness (QED) is 0.801. The Bertz CT molecular complexity index is 653. The highest BCUT2D eigenvalue weighted by atomic mass is 35.5. The molecule has 0 aromatic heterocycles. The molecule has 2 aromatic rings. The van der Waals surface area contributed by atoms with Gasteiger partial charge in [0.25, 0.3) is 0 Å². The molecule has 0 heterocycles. The molecule has 0 spiro atoms. The minimum Gasteiger partial charge on any atom is -0.456 e. The maximum Gasteiger partial charge on any atom is 0.147 e. The largest absolute Gasteiger partial charge is 0.456 e. The van der Waals surface area contributed by atoms with Crippen LogP contribution in [0, 0.1) is 6.92 Å². The third-order valence-corrected chi connectivity index (χ3v) is 4.14. The predicted molar refractivity (Wildman–Crippen MR) is 87.6 cm³/mol. The van der Waals surface area contributed by atoms with E-state index >= 15 is 0 Å². The van der Waals surface area contributed by atoms with Crippen LogP contribution in [0.5, 0.6) is 11.5 Å². The van der Waals surface area contributed by atoms with Crippen LogP contribution >= 0.6 is 23.2 Å². The van der Waals surface area contributed by atoms with Crippen LogP contribution < -0.4 is 10.1 Å². The molecule has 0 aliphatic heterocycles. The second-order valence-electron chi connectivity index (χ2n) is 5.42. The van der Waals surface area contributed by atoms with E-state index in [0.717, 1.165) is 12.3 Å². The molecule has 2 nitrogen and oxygen atoms in total. The van der Waals surface area contributed by atoms with E-state index in [0.29, 0.717) is 21.8 Å². The lowest BCUT2D eigenvalue weighted by atomic mass is 10.1. The minimum atomic E-state index is 0.552. The second-order valence-corrected chi connectivity index (χ2v) is 6.26. The normalized spacial score (nSPS) is 14.2. The first kappa shape index (κ1) is 14.7. The van der Waals surface area contributed by atoms with Crippen molar-refractivity contribution in [2.24, 2.45) is 0 Å². The molecule has 0 unspecified atom stereocenters. The van der Waals surface area contributed by atoms with Gasteiger partial charge < -0.3 is 10.1 Å². The monoisotopic (exact) mass is 321 g/mol. The molecule has 3 rings (SSSR count). The summed E-state index contributed by atoms with van der Waals surface area (Å²) in [6, 6.07) is 12.0. The molecule has 1 aliphatic rings. The number of hydrogen-bond acceptors (Lipinski definition) is 2. The highest BCUT2D eigenvalue weighted by molar-refractivity contribution is 6.34. The van der Waals surface area contributed by atoms with Crippen molar-refractivity contribution in [3.05, 3.63) is 57.6 Å². The van der Waals surface area contributed by atoms with Crippen LogP contribution in [-0.2, 0) is 6.54 Å². The first-order valence-electron chi connectivity index (χ1n) is 7.07. The number of halogens is 2. The summed E-state index contributed by atoms with van der Waals surface area (Å²) in [6.45, 7) is 3.01. The zero-order chi connectivity index (χ0) is 14.8. The molecule has 1 aliphatic carbocycles. The van der Waals surface area contributed by atoms with Gasteiger partial charge in [-0.1, -0.05) is 29.3 Å². The standard InChI is InChI=1S/C17H17Cl2NO/c1-11-8-15(6-2-12(11)10-20-14-4-5-14)21-17-9-13(18)3-7-16(17)19/h2-3,6-9,14,20H,4-5,10H2,1H3. The van der Waals surface area contributed by atoms with Crippen LogP contribution in [0.25, 0.3) is 0 Å². The van der Waals surface area contributed by atoms with Gasteiger partial charge in [-0.3, -0.25) is 0 Å². The molecule has 0 radical (unpaired) electrons. The number of nitrogens with one attached hydrogen (secondary N) is 1. The zero-order valence-electron chi connectivity index (χ0n) is 11.8. The van der Waals surface area contributed by atoms with Gasteiger partial charge in [0.05, 0.1) is 5.02 Å². The summed E-state index contributed by atoms with van der Waals surface area (Å²) >= 11 is 12.1. The zero-order valence-corrected chi connectivity index (χ0v) is 13.3. The molecule has 0 atom stereocenters. The van der Waals surface area contributed by atoms with Gasteiger partial charge in [0.15, 0.2) is 0 Å².